The average molecular weight is 396 g/mol. The highest BCUT2D eigenvalue weighted by Crippen LogP contribution is 2.27. The predicted octanol–water partition coefficient (Wildman–Crippen LogP) is 3.57. The van der Waals surface area contributed by atoms with E-state index in [9.17, 15) is 8.42 Å². The van der Waals surface area contributed by atoms with Crippen LogP contribution in [0.15, 0.2) is 39.7 Å². The maximum absolute atomic E-state index is 12.4. The first-order valence-electron chi connectivity index (χ1n) is 5.56. The Labute approximate surface area is 135 Å². The normalized spacial score (nSPS) is 12.0. The maximum atomic E-state index is 12.4. The number of nitrogens with two attached hydrogens (primary N) is 1. The third-order valence-corrected chi connectivity index (χ3v) is 6.39. The highest BCUT2D eigenvalue weighted by molar-refractivity contribution is 9.10. The summed E-state index contributed by atoms with van der Waals surface area (Å²) >= 11 is 10.4. The van der Waals surface area contributed by atoms with E-state index < -0.39 is 10.0 Å². The number of nitrogen functional groups attached to an aromatic ring is 1. The van der Waals surface area contributed by atoms with Gasteiger partial charge in [0.2, 0.25) is 10.0 Å². The summed E-state index contributed by atoms with van der Waals surface area (Å²) in [7, 11) is -2.02. The van der Waals surface area contributed by atoms with Gasteiger partial charge in [-0.1, -0.05) is 11.6 Å². The molecule has 0 amide bonds. The molecule has 0 atom stereocenters. The van der Waals surface area contributed by atoms with Crippen molar-refractivity contribution in [3.8, 4) is 0 Å². The van der Waals surface area contributed by atoms with Gasteiger partial charge in [0.05, 0.1) is 9.23 Å². The van der Waals surface area contributed by atoms with Crippen LogP contribution in [0.4, 0.5) is 5.69 Å². The van der Waals surface area contributed by atoms with Crippen LogP contribution >= 0.6 is 38.9 Å². The molecular weight excluding hydrogens is 384 g/mol. The number of hydrogen-bond donors (Lipinski definition) is 1. The van der Waals surface area contributed by atoms with Gasteiger partial charge in [0.15, 0.2) is 0 Å². The number of benzene rings is 1. The van der Waals surface area contributed by atoms with Crippen LogP contribution in [-0.2, 0) is 16.6 Å². The fraction of sp³-hybridized carbons (Fsp3) is 0.167. The zero-order chi connectivity index (χ0) is 14.9. The minimum absolute atomic E-state index is 0.198. The lowest BCUT2D eigenvalue weighted by Gasteiger charge is -2.16. The lowest BCUT2D eigenvalue weighted by molar-refractivity contribution is 0.469. The third kappa shape index (κ3) is 3.35. The molecule has 2 rings (SSSR count). The number of nitrogens with zero attached hydrogens (tertiary/aromatic N) is 1. The Balaban J connectivity index is 2.27. The van der Waals surface area contributed by atoms with Gasteiger partial charge in [-0.3, -0.25) is 0 Å². The summed E-state index contributed by atoms with van der Waals surface area (Å²) < 4.78 is 27.4. The monoisotopic (exact) mass is 394 g/mol. The lowest BCUT2D eigenvalue weighted by Crippen LogP contribution is -2.26. The van der Waals surface area contributed by atoms with Gasteiger partial charge >= 0.3 is 0 Å². The average Bonchev–Trinajstić information content (AvgIpc) is 2.78. The first-order valence-corrected chi connectivity index (χ1v) is 8.99. The molecule has 0 saturated carbocycles. The van der Waals surface area contributed by atoms with Crippen molar-refractivity contribution in [1.82, 2.24) is 4.31 Å². The summed E-state index contributed by atoms with van der Waals surface area (Å²) in [4.78, 5) is 1.08. The molecule has 0 spiro atoms. The molecule has 4 nitrogen and oxygen atoms in total. The molecule has 0 saturated heterocycles. The molecule has 108 valence electrons. The standard InChI is InChI=1S/C12H12BrClN2O2S2/c1-16(7-8-2-5-12(14)19-8)20(17,18)9-3-4-11(15)10(13)6-9/h2-6H,7,15H2,1H3. The third-order valence-electron chi connectivity index (χ3n) is 2.69. The van der Waals surface area contributed by atoms with E-state index in [1.807, 2.05) is 6.07 Å². The molecule has 0 radical (unpaired) electrons. The van der Waals surface area contributed by atoms with E-state index in [4.69, 9.17) is 17.3 Å². The second-order valence-electron chi connectivity index (χ2n) is 4.15. The molecule has 0 aliphatic heterocycles. The number of anilines is 1. The summed E-state index contributed by atoms with van der Waals surface area (Å²) in [5, 5.41) is 0. The zero-order valence-electron chi connectivity index (χ0n) is 10.5. The van der Waals surface area contributed by atoms with Crippen LogP contribution < -0.4 is 5.73 Å². The first-order chi connectivity index (χ1) is 9.30. The first kappa shape index (κ1) is 15.8. The van der Waals surface area contributed by atoms with E-state index in [2.05, 4.69) is 15.9 Å². The minimum atomic E-state index is -3.56. The van der Waals surface area contributed by atoms with Gasteiger partial charge in [-0.15, -0.1) is 11.3 Å². The maximum Gasteiger partial charge on any atom is 0.243 e. The van der Waals surface area contributed by atoms with Gasteiger partial charge in [0, 0.05) is 28.6 Å². The quantitative estimate of drug-likeness (QED) is 0.805. The van der Waals surface area contributed by atoms with Gasteiger partial charge < -0.3 is 5.73 Å². The molecule has 0 aliphatic carbocycles. The van der Waals surface area contributed by atoms with E-state index in [1.54, 1.807) is 12.1 Å². The van der Waals surface area contributed by atoms with Gasteiger partial charge in [-0.05, 0) is 46.3 Å². The Hall–Kier alpha value is -0.600. The SMILES string of the molecule is CN(Cc1ccc(Cl)s1)S(=O)(=O)c1ccc(N)c(Br)c1. The van der Waals surface area contributed by atoms with Crippen molar-refractivity contribution in [2.75, 3.05) is 12.8 Å². The van der Waals surface area contributed by atoms with E-state index in [0.717, 1.165) is 4.88 Å². The van der Waals surface area contributed by atoms with Crippen LogP contribution in [0.2, 0.25) is 4.34 Å². The second-order valence-corrected chi connectivity index (χ2v) is 8.85. The Morgan fingerprint density at radius 2 is 2.05 bits per heavy atom. The van der Waals surface area contributed by atoms with E-state index in [1.165, 1.54) is 34.8 Å². The van der Waals surface area contributed by atoms with Gasteiger partial charge in [0.25, 0.3) is 0 Å². The molecule has 2 N–H and O–H groups in total. The number of rotatable bonds is 4. The summed E-state index contributed by atoms with van der Waals surface area (Å²) in [6, 6.07) is 8.13. The lowest BCUT2D eigenvalue weighted by atomic mass is 10.3. The van der Waals surface area contributed by atoms with Crippen molar-refractivity contribution in [1.29, 1.82) is 0 Å². The Morgan fingerprint density at radius 1 is 1.35 bits per heavy atom. The minimum Gasteiger partial charge on any atom is -0.398 e. The van der Waals surface area contributed by atoms with Crippen molar-refractivity contribution >= 4 is 54.6 Å². The zero-order valence-corrected chi connectivity index (χ0v) is 14.5. The number of hydrogen-bond acceptors (Lipinski definition) is 4. The van der Waals surface area contributed by atoms with Crippen LogP contribution in [0.3, 0.4) is 0 Å². The van der Waals surface area contributed by atoms with Crippen LogP contribution in [0.25, 0.3) is 0 Å². The summed E-state index contributed by atoms with van der Waals surface area (Å²) in [5.41, 5.74) is 6.16. The number of thiophene rings is 1. The molecule has 1 aromatic carbocycles. The van der Waals surface area contributed by atoms with Gasteiger partial charge in [-0.2, -0.15) is 4.31 Å². The van der Waals surface area contributed by atoms with Crippen molar-refractivity contribution in [2.24, 2.45) is 0 Å². The molecule has 20 heavy (non-hydrogen) atoms. The fourth-order valence-corrected chi connectivity index (χ4v) is 4.52. The van der Waals surface area contributed by atoms with Gasteiger partial charge in [0.1, 0.15) is 0 Å². The summed E-state index contributed by atoms with van der Waals surface area (Å²) in [6.07, 6.45) is 0. The largest absolute Gasteiger partial charge is 0.398 e. The van der Waals surface area contributed by atoms with Crippen LogP contribution in [0, 0.1) is 0 Å². The van der Waals surface area contributed by atoms with Crippen molar-refractivity contribution in [2.45, 2.75) is 11.4 Å². The Morgan fingerprint density at radius 3 is 2.60 bits per heavy atom. The molecule has 8 heteroatoms. The smallest absolute Gasteiger partial charge is 0.243 e. The highest BCUT2D eigenvalue weighted by Gasteiger charge is 2.22. The Bertz CT molecular complexity index is 731. The molecule has 1 aromatic heterocycles. The molecule has 0 unspecified atom stereocenters. The topological polar surface area (TPSA) is 63.4 Å². The van der Waals surface area contributed by atoms with Gasteiger partial charge in [-0.25, -0.2) is 8.42 Å². The molecular formula is C12H12BrClN2O2S2. The molecule has 1 heterocycles. The molecule has 0 bridgehead atoms. The summed E-state index contributed by atoms with van der Waals surface area (Å²) in [5.74, 6) is 0. The van der Waals surface area contributed by atoms with Crippen molar-refractivity contribution in [3.63, 3.8) is 0 Å². The second kappa shape index (κ2) is 6.03. The fourth-order valence-electron chi connectivity index (χ4n) is 1.59. The highest BCUT2D eigenvalue weighted by atomic mass is 79.9. The van der Waals surface area contributed by atoms with E-state index >= 15 is 0 Å². The van der Waals surface area contributed by atoms with Crippen molar-refractivity contribution < 1.29 is 8.42 Å². The molecule has 0 fully saturated rings. The van der Waals surface area contributed by atoms with E-state index in [0.29, 0.717) is 14.5 Å². The van der Waals surface area contributed by atoms with E-state index in [-0.39, 0.29) is 11.4 Å². The Kier molecular flexibility index (Phi) is 4.76. The van der Waals surface area contributed by atoms with Crippen LogP contribution in [0.1, 0.15) is 4.88 Å². The molecule has 2 aromatic rings. The summed E-state index contributed by atoms with van der Waals surface area (Å²) in [6.45, 7) is 0.279. The van der Waals surface area contributed by atoms with Crippen LogP contribution in [0.5, 0.6) is 0 Å². The molecule has 0 aliphatic rings. The number of halogens is 2. The number of sulfonamides is 1. The predicted molar refractivity (Wildman–Crippen MR) is 86.5 cm³/mol. The van der Waals surface area contributed by atoms with Crippen LogP contribution in [-0.4, -0.2) is 19.8 Å². The van der Waals surface area contributed by atoms with Crippen molar-refractivity contribution in [3.05, 3.63) is 44.0 Å².